The highest BCUT2D eigenvalue weighted by molar-refractivity contribution is 7.21. The van der Waals surface area contributed by atoms with Crippen LogP contribution >= 0.6 is 22.9 Å². The van der Waals surface area contributed by atoms with Crippen molar-refractivity contribution >= 4 is 50.8 Å². The molecule has 2 heterocycles. The number of amides is 1. The van der Waals surface area contributed by atoms with Gasteiger partial charge >= 0.3 is 0 Å². The van der Waals surface area contributed by atoms with Gasteiger partial charge in [-0.25, -0.2) is 5.43 Å². The molecular formula is C14H10ClN5O3S. The van der Waals surface area contributed by atoms with E-state index in [-0.39, 0.29) is 15.6 Å². The smallest absolute Gasteiger partial charge is 0.267 e. The maximum absolute atomic E-state index is 12.2. The molecule has 0 fully saturated rings. The molecule has 1 amide bonds. The van der Waals surface area contributed by atoms with Crippen molar-refractivity contribution < 1.29 is 9.72 Å². The topological polar surface area (TPSA) is 102 Å². The third kappa shape index (κ3) is 2.99. The summed E-state index contributed by atoms with van der Waals surface area (Å²) in [6, 6.07) is 6.01. The number of aryl methyl sites for hydroxylation is 1. The predicted octanol–water partition coefficient (Wildman–Crippen LogP) is 2.96. The maximum atomic E-state index is 12.2. The number of nitrogens with one attached hydrogen (secondary N) is 1. The van der Waals surface area contributed by atoms with Gasteiger partial charge < -0.3 is 0 Å². The van der Waals surface area contributed by atoms with Crippen molar-refractivity contribution in [1.82, 2.24) is 15.2 Å². The van der Waals surface area contributed by atoms with E-state index in [1.165, 1.54) is 24.4 Å². The fraction of sp³-hybridized carbons (Fsp3) is 0.0714. The first kappa shape index (κ1) is 16.1. The lowest BCUT2D eigenvalue weighted by Crippen LogP contribution is -2.16. The van der Waals surface area contributed by atoms with Crippen LogP contribution in [0, 0.1) is 10.1 Å². The van der Waals surface area contributed by atoms with Gasteiger partial charge in [0, 0.05) is 35.5 Å². The third-order valence-corrected chi connectivity index (χ3v) is 4.91. The summed E-state index contributed by atoms with van der Waals surface area (Å²) in [5.41, 5.74) is 3.05. The van der Waals surface area contributed by atoms with Crippen molar-refractivity contribution in [3.8, 4) is 0 Å². The molecule has 0 saturated carbocycles. The highest BCUT2D eigenvalue weighted by atomic mass is 35.5. The summed E-state index contributed by atoms with van der Waals surface area (Å²) in [7, 11) is 1.75. The number of hydrazone groups is 1. The van der Waals surface area contributed by atoms with E-state index in [9.17, 15) is 14.9 Å². The van der Waals surface area contributed by atoms with Gasteiger partial charge in [-0.2, -0.15) is 10.2 Å². The van der Waals surface area contributed by atoms with Gasteiger partial charge in [-0.1, -0.05) is 11.6 Å². The van der Waals surface area contributed by atoms with Crippen LogP contribution in [0.5, 0.6) is 0 Å². The van der Waals surface area contributed by atoms with Crippen LogP contribution in [0.2, 0.25) is 5.02 Å². The van der Waals surface area contributed by atoms with Crippen LogP contribution in [0.25, 0.3) is 10.1 Å². The van der Waals surface area contributed by atoms with E-state index in [4.69, 9.17) is 11.6 Å². The summed E-state index contributed by atoms with van der Waals surface area (Å²) in [6.07, 6.45) is 3.07. The number of fused-ring (bicyclic) bond motifs is 1. The second kappa shape index (κ2) is 6.38. The van der Waals surface area contributed by atoms with Gasteiger partial charge in [0.25, 0.3) is 11.6 Å². The molecule has 0 unspecified atom stereocenters. The summed E-state index contributed by atoms with van der Waals surface area (Å²) >= 11 is 7.28. The number of nitrogens with zero attached hydrogens (tertiary/aromatic N) is 4. The van der Waals surface area contributed by atoms with Crippen LogP contribution in [0.1, 0.15) is 15.4 Å². The van der Waals surface area contributed by atoms with Gasteiger partial charge in [0.1, 0.15) is 4.88 Å². The molecule has 3 rings (SSSR count). The number of non-ortho nitro benzene ring substituents is 1. The average Bonchev–Trinajstić information content (AvgIpc) is 3.11. The second-order valence-electron chi connectivity index (χ2n) is 4.76. The van der Waals surface area contributed by atoms with Gasteiger partial charge in [0.05, 0.1) is 21.9 Å². The molecule has 0 aliphatic rings. The van der Waals surface area contributed by atoms with Crippen molar-refractivity contribution in [3.63, 3.8) is 0 Å². The number of hydrogen-bond acceptors (Lipinski definition) is 6. The Balaban J connectivity index is 1.84. The molecule has 2 aromatic heterocycles. The highest BCUT2D eigenvalue weighted by Crippen LogP contribution is 2.37. The lowest BCUT2D eigenvalue weighted by atomic mass is 10.2. The van der Waals surface area contributed by atoms with E-state index in [1.807, 2.05) is 0 Å². The lowest BCUT2D eigenvalue weighted by molar-refractivity contribution is -0.384. The number of carbonyl (C=O) groups excluding carboxylic acids is 1. The summed E-state index contributed by atoms with van der Waals surface area (Å²) in [5.74, 6) is -0.484. The Morgan fingerprint density at radius 1 is 1.50 bits per heavy atom. The number of hydrogen-bond donors (Lipinski definition) is 1. The summed E-state index contributed by atoms with van der Waals surface area (Å²) in [5, 5.41) is 19.5. The van der Waals surface area contributed by atoms with E-state index in [0.29, 0.717) is 15.8 Å². The zero-order valence-corrected chi connectivity index (χ0v) is 13.8. The normalized spacial score (nSPS) is 11.2. The van der Waals surface area contributed by atoms with Crippen LogP contribution in [0.3, 0.4) is 0 Å². The molecule has 8 nitrogen and oxygen atoms in total. The number of halogens is 1. The minimum absolute atomic E-state index is 0.0541. The van der Waals surface area contributed by atoms with Gasteiger partial charge in [-0.15, -0.1) is 11.3 Å². The van der Waals surface area contributed by atoms with Crippen molar-refractivity contribution in [2.45, 2.75) is 0 Å². The van der Waals surface area contributed by atoms with Gasteiger partial charge in [-0.05, 0) is 12.1 Å². The molecule has 3 aromatic rings. The summed E-state index contributed by atoms with van der Waals surface area (Å²) < 4.78 is 2.16. The number of nitro benzene ring substituents is 1. The Kier molecular flexibility index (Phi) is 4.28. The molecule has 0 atom stereocenters. The number of thiophene rings is 1. The number of benzene rings is 1. The molecule has 0 saturated heterocycles. The minimum Gasteiger partial charge on any atom is -0.267 e. The lowest BCUT2D eigenvalue weighted by Gasteiger charge is -1.97. The Morgan fingerprint density at radius 3 is 2.96 bits per heavy atom. The minimum atomic E-state index is -0.495. The zero-order chi connectivity index (χ0) is 17.3. The first-order valence-electron chi connectivity index (χ1n) is 6.65. The molecule has 0 bridgehead atoms. The van der Waals surface area contributed by atoms with E-state index >= 15 is 0 Å². The second-order valence-corrected chi connectivity index (χ2v) is 6.19. The van der Waals surface area contributed by atoms with Crippen LogP contribution in [0.4, 0.5) is 5.69 Å². The van der Waals surface area contributed by atoms with Crippen molar-refractivity contribution in [2.75, 3.05) is 0 Å². The number of aromatic nitrogens is 2. The summed E-state index contributed by atoms with van der Waals surface area (Å²) in [4.78, 5) is 22.8. The Labute approximate surface area is 144 Å². The Morgan fingerprint density at radius 2 is 2.29 bits per heavy atom. The molecular weight excluding hydrogens is 354 g/mol. The van der Waals surface area contributed by atoms with Crippen molar-refractivity contribution in [2.24, 2.45) is 12.1 Å². The Bertz CT molecular complexity index is 978. The van der Waals surface area contributed by atoms with E-state index in [2.05, 4.69) is 15.6 Å². The van der Waals surface area contributed by atoms with Gasteiger partial charge in [-0.3, -0.25) is 19.6 Å². The number of carbonyl (C=O) groups is 1. The molecule has 24 heavy (non-hydrogen) atoms. The molecule has 0 aliphatic heterocycles. The van der Waals surface area contributed by atoms with Gasteiger partial charge in [0.15, 0.2) is 0 Å². The fourth-order valence-electron chi connectivity index (χ4n) is 2.03. The zero-order valence-electron chi connectivity index (χ0n) is 12.3. The Hall–Kier alpha value is -2.78. The average molecular weight is 364 g/mol. The molecule has 1 aromatic carbocycles. The highest BCUT2D eigenvalue weighted by Gasteiger charge is 2.18. The van der Waals surface area contributed by atoms with Crippen molar-refractivity contribution in [1.29, 1.82) is 0 Å². The first-order valence-corrected chi connectivity index (χ1v) is 7.84. The van der Waals surface area contributed by atoms with Crippen LogP contribution in [-0.2, 0) is 7.05 Å². The molecule has 0 radical (unpaired) electrons. The number of nitro groups is 1. The monoisotopic (exact) mass is 363 g/mol. The van der Waals surface area contributed by atoms with Crippen molar-refractivity contribution in [3.05, 3.63) is 56.2 Å². The number of rotatable bonds is 4. The standard InChI is InChI=1S/C14H10ClN5O3S/c1-19-9(4-5-17-19)7-16-18-14(21)13-12(15)10-3-2-8(20(22)23)6-11(10)24-13/h2-7H,1H3,(H,18,21). The quantitative estimate of drug-likeness (QED) is 0.437. The van der Waals surface area contributed by atoms with Crippen LogP contribution in [0.15, 0.2) is 35.6 Å². The third-order valence-electron chi connectivity index (χ3n) is 3.25. The van der Waals surface area contributed by atoms with E-state index in [0.717, 1.165) is 11.3 Å². The fourth-order valence-corrected chi connectivity index (χ4v) is 3.47. The predicted molar refractivity (Wildman–Crippen MR) is 91.8 cm³/mol. The molecule has 0 aliphatic carbocycles. The molecule has 10 heteroatoms. The largest absolute Gasteiger partial charge is 0.283 e. The maximum Gasteiger partial charge on any atom is 0.283 e. The SMILES string of the molecule is Cn1nccc1C=NNC(=O)c1sc2cc([N+](=O)[O-])ccc2c1Cl. The van der Waals surface area contributed by atoms with Gasteiger partial charge in [0.2, 0.25) is 0 Å². The molecule has 122 valence electrons. The first-order chi connectivity index (χ1) is 11.5. The van der Waals surface area contributed by atoms with Crippen LogP contribution < -0.4 is 5.43 Å². The molecule has 1 N–H and O–H groups in total. The van der Waals surface area contributed by atoms with E-state index < -0.39 is 10.8 Å². The molecule has 0 spiro atoms. The van der Waals surface area contributed by atoms with Crippen LogP contribution in [-0.4, -0.2) is 26.8 Å². The summed E-state index contributed by atoms with van der Waals surface area (Å²) in [6.45, 7) is 0. The van der Waals surface area contributed by atoms with E-state index in [1.54, 1.807) is 24.0 Å².